The quantitative estimate of drug-likeness (QED) is 0.846. The molecule has 0 heterocycles. The van der Waals surface area contributed by atoms with Crippen LogP contribution in [0.15, 0.2) is 40.9 Å². The van der Waals surface area contributed by atoms with Gasteiger partial charge in [0.1, 0.15) is 12.4 Å². The van der Waals surface area contributed by atoms with Gasteiger partial charge in [0, 0.05) is 6.04 Å². The lowest BCUT2D eigenvalue weighted by Gasteiger charge is -2.13. The van der Waals surface area contributed by atoms with Gasteiger partial charge in [0.2, 0.25) is 0 Å². The van der Waals surface area contributed by atoms with Crippen LogP contribution in [0.25, 0.3) is 0 Å². The first-order chi connectivity index (χ1) is 10.0. The maximum atomic E-state index is 14.0. The monoisotopic (exact) mass is 355 g/mol. The normalized spacial score (nSPS) is 12.2. The third-order valence-corrected chi connectivity index (χ3v) is 3.88. The Balaban J connectivity index is 2.07. The lowest BCUT2D eigenvalue weighted by Crippen LogP contribution is -2.12. The van der Waals surface area contributed by atoms with Crippen molar-refractivity contribution in [2.45, 2.75) is 19.6 Å². The fourth-order valence-corrected chi connectivity index (χ4v) is 2.29. The standard InChI is InChI=1S/C16H16BrF2NO/c1-10(20-2)12-4-6-16(15(19)8-12)21-9-11-3-5-14(18)13(17)7-11/h3-8,10,20H,9H2,1-2H3. The molecule has 1 atom stereocenters. The summed E-state index contributed by atoms with van der Waals surface area (Å²) in [5, 5.41) is 3.05. The number of rotatable bonds is 5. The van der Waals surface area contributed by atoms with Crippen molar-refractivity contribution in [3.05, 3.63) is 63.6 Å². The van der Waals surface area contributed by atoms with Gasteiger partial charge >= 0.3 is 0 Å². The molecule has 0 bridgehead atoms. The number of hydrogen-bond acceptors (Lipinski definition) is 2. The minimum absolute atomic E-state index is 0.0709. The second-order valence-electron chi connectivity index (χ2n) is 4.74. The molecule has 5 heteroatoms. The topological polar surface area (TPSA) is 21.3 Å². The van der Waals surface area contributed by atoms with Gasteiger partial charge in [-0.15, -0.1) is 0 Å². The lowest BCUT2D eigenvalue weighted by atomic mass is 10.1. The van der Waals surface area contributed by atoms with E-state index in [1.165, 1.54) is 12.1 Å². The van der Waals surface area contributed by atoms with Gasteiger partial charge in [0.15, 0.2) is 11.6 Å². The van der Waals surface area contributed by atoms with Crippen LogP contribution in [0, 0.1) is 11.6 Å². The van der Waals surface area contributed by atoms with Crippen molar-refractivity contribution in [3.63, 3.8) is 0 Å². The van der Waals surface area contributed by atoms with Crippen LogP contribution in [0.5, 0.6) is 5.75 Å². The maximum absolute atomic E-state index is 14.0. The zero-order chi connectivity index (χ0) is 15.4. The smallest absolute Gasteiger partial charge is 0.165 e. The summed E-state index contributed by atoms with van der Waals surface area (Å²) in [5.41, 5.74) is 1.61. The highest BCUT2D eigenvalue weighted by molar-refractivity contribution is 9.10. The van der Waals surface area contributed by atoms with Crippen LogP contribution >= 0.6 is 15.9 Å². The molecule has 21 heavy (non-hydrogen) atoms. The zero-order valence-corrected chi connectivity index (χ0v) is 13.4. The molecule has 1 N–H and O–H groups in total. The van der Waals surface area contributed by atoms with E-state index in [0.29, 0.717) is 4.47 Å². The Bertz CT molecular complexity index is 634. The molecule has 0 saturated heterocycles. The molecule has 0 spiro atoms. The Morgan fingerprint density at radius 2 is 1.90 bits per heavy atom. The largest absolute Gasteiger partial charge is 0.486 e. The minimum atomic E-state index is -0.407. The second-order valence-corrected chi connectivity index (χ2v) is 5.59. The van der Waals surface area contributed by atoms with Gasteiger partial charge in [-0.2, -0.15) is 0 Å². The fraction of sp³-hybridized carbons (Fsp3) is 0.250. The number of hydrogen-bond donors (Lipinski definition) is 1. The van der Waals surface area contributed by atoms with E-state index in [1.54, 1.807) is 18.2 Å². The molecule has 0 radical (unpaired) electrons. The van der Waals surface area contributed by atoms with Crippen LogP contribution in [0.1, 0.15) is 24.1 Å². The van der Waals surface area contributed by atoms with Gasteiger partial charge in [-0.3, -0.25) is 0 Å². The summed E-state index contributed by atoms with van der Waals surface area (Å²) >= 11 is 3.11. The SMILES string of the molecule is CNC(C)c1ccc(OCc2ccc(F)c(Br)c2)c(F)c1. The Labute approximate surface area is 131 Å². The number of benzene rings is 2. The summed E-state index contributed by atoms with van der Waals surface area (Å²) in [6.45, 7) is 2.13. The molecule has 0 saturated carbocycles. The molecule has 0 aliphatic rings. The van der Waals surface area contributed by atoms with Crippen LogP contribution in [0.3, 0.4) is 0 Å². The molecule has 1 unspecified atom stereocenters. The molecule has 2 nitrogen and oxygen atoms in total. The van der Waals surface area contributed by atoms with E-state index in [9.17, 15) is 8.78 Å². The molecule has 2 rings (SSSR count). The van der Waals surface area contributed by atoms with Crippen molar-refractivity contribution in [1.29, 1.82) is 0 Å². The Kier molecular flexibility index (Phi) is 5.31. The molecule has 112 valence electrons. The molecule has 0 amide bonds. The molecular formula is C16H16BrF2NO. The zero-order valence-electron chi connectivity index (χ0n) is 11.8. The van der Waals surface area contributed by atoms with Crippen LogP contribution in [-0.4, -0.2) is 7.05 Å². The van der Waals surface area contributed by atoms with Gasteiger partial charge < -0.3 is 10.1 Å². The summed E-state index contributed by atoms with van der Waals surface area (Å²) < 4.78 is 32.9. The van der Waals surface area contributed by atoms with E-state index in [0.717, 1.165) is 11.1 Å². The second kappa shape index (κ2) is 7.00. The Hall–Kier alpha value is -1.46. The fourth-order valence-electron chi connectivity index (χ4n) is 1.86. The number of nitrogens with one attached hydrogen (secondary N) is 1. The average Bonchev–Trinajstić information content (AvgIpc) is 2.48. The van der Waals surface area contributed by atoms with Crippen molar-refractivity contribution in [1.82, 2.24) is 5.32 Å². The summed E-state index contributed by atoms with van der Waals surface area (Å²) in [4.78, 5) is 0. The summed E-state index contributed by atoms with van der Waals surface area (Å²) in [6.07, 6.45) is 0. The predicted octanol–water partition coefficient (Wildman–Crippen LogP) is 4.59. The van der Waals surface area contributed by atoms with Gasteiger partial charge in [0.05, 0.1) is 4.47 Å². The van der Waals surface area contributed by atoms with Gasteiger partial charge in [-0.05, 0) is 65.3 Å². The first kappa shape index (κ1) is 15.9. The van der Waals surface area contributed by atoms with Crippen molar-refractivity contribution < 1.29 is 13.5 Å². The van der Waals surface area contributed by atoms with Crippen molar-refractivity contribution in [2.75, 3.05) is 7.05 Å². The first-order valence-electron chi connectivity index (χ1n) is 6.54. The van der Waals surface area contributed by atoms with Gasteiger partial charge in [-0.25, -0.2) is 8.78 Å². The molecule has 0 fully saturated rings. The van der Waals surface area contributed by atoms with Crippen molar-refractivity contribution >= 4 is 15.9 Å². The highest BCUT2D eigenvalue weighted by Crippen LogP contribution is 2.23. The van der Waals surface area contributed by atoms with E-state index in [1.807, 2.05) is 20.0 Å². The third-order valence-electron chi connectivity index (χ3n) is 3.27. The van der Waals surface area contributed by atoms with E-state index < -0.39 is 5.82 Å². The summed E-state index contributed by atoms with van der Waals surface area (Å²) in [6, 6.07) is 9.52. The summed E-state index contributed by atoms with van der Waals surface area (Å²) in [7, 11) is 1.82. The highest BCUT2D eigenvalue weighted by Gasteiger charge is 2.09. The van der Waals surface area contributed by atoms with E-state index >= 15 is 0 Å². The van der Waals surface area contributed by atoms with Crippen molar-refractivity contribution in [2.24, 2.45) is 0 Å². The van der Waals surface area contributed by atoms with Crippen LogP contribution in [0.2, 0.25) is 0 Å². The maximum Gasteiger partial charge on any atom is 0.165 e. The van der Waals surface area contributed by atoms with Crippen LogP contribution in [0.4, 0.5) is 8.78 Å². The first-order valence-corrected chi connectivity index (χ1v) is 7.34. The molecule has 0 aliphatic carbocycles. The Morgan fingerprint density at radius 1 is 1.14 bits per heavy atom. The minimum Gasteiger partial charge on any atom is -0.486 e. The molecule has 0 aliphatic heterocycles. The van der Waals surface area contributed by atoms with E-state index in [4.69, 9.17) is 4.74 Å². The van der Waals surface area contributed by atoms with E-state index in [2.05, 4.69) is 21.2 Å². The average molecular weight is 356 g/mol. The van der Waals surface area contributed by atoms with Gasteiger partial charge in [-0.1, -0.05) is 12.1 Å². The van der Waals surface area contributed by atoms with E-state index in [-0.39, 0.29) is 24.2 Å². The molecule has 2 aromatic rings. The molecule has 2 aromatic carbocycles. The number of ether oxygens (including phenoxy) is 1. The van der Waals surface area contributed by atoms with Crippen LogP contribution < -0.4 is 10.1 Å². The molecular weight excluding hydrogens is 340 g/mol. The third kappa shape index (κ3) is 4.02. The van der Waals surface area contributed by atoms with Crippen LogP contribution in [-0.2, 0) is 6.61 Å². The Morgan fingerprint density at radius 3 is 2.52 bits per heavy atom. The van der Waals surface area contributed by atoms with Gasteiger partial charge in [0.25, 0.3) is 0 Å². The van der Waals surface area contributed by atoms with Crippen molar-refractivity contribution in [3.8, 4) is 5.75 Å². The highest BCUT2D eigenvalue weighted by atomic mass is 79.9. The predicted molar refractivity (Wildman–Crippen MR) is 82.3 cm³/mol. The summed E-state index contributed by atoms with van der Waals surface area (Å²) in [5.74, 6) is -0.561. The lowest BCUT2D eigenvalue weighted by molar-refractivity contribution is 0.290. The molecule has 0 aromatic heterocycles. The number of halogens is 3.